The Morgan fingerprint density at radius 1 is 1.38 bits per heavy atom. The molecule has 0 spiro atoms. The maximum Gasteiger partial charge on any atom is 0.259 e. The van der Waals surface area contributed by atoms with E-state index in [2.05, 4.69) is 11.1 Å². The lowest BCUT2D eigenvalue weighted by Crippen LogP contribution is -2.51. The Labute approximate surface area is 190 Å². The summed E-state index contributed by atoms with van der Waals surface area (Å²) in [5, 5.41) is 9.80. The third-order valence-electron chi connectivity index (χ3n) is 7.22. The maximum atomic E-state index is 13.5. The first kappa shape index (κ1) is 22.8. The van der Waals surface area contributed by atoms with Crippen LogP contribution in [0.15, 0.2) is 18.3 Å². The number of aliphatic hydroxyl groups excluding tert-OH is 1. The van der Waals surface area contributed by atoms with Crippen molar-refractivity contribution in [3.05, 3.63) is 29.5 Å². The van der Waals surface area contributed by atoms with E-state index in [0.29, 0.717) is 24.5 Å². The van der Waals surface area contributed by atoms with E-state index in [1.165, 1.54) is 5.57 Å². The molecule has 0 unspecified atom stereocenters. The Morgan fingerprint density at radius 3 is 2.78 bits per heavy atom. The van der Waals surface area contributed by atoms with Gasteiger partial charge in [-0.25, -0.2) is 4.98 Å². The van der Waals surface area contributed by atoms with E-state index in [9.17, 15) is 14.7 Å². The Hall–Kier alpha value is -2.41. The number of carbonyl (C=O) groups is 2. The van der Waals surface area contributed by atoms with Crippen LogP contribution in [0.1, 0.15) is 68.3 Å². The largest absolute Gasteiger partial charge is 0.472 e. The smallest absolute Gasteiger partial charge is 0.259 e. The van der Waals surface area contributed by atoms with E-state index >= 15 is 0 Å². The average molecular weight is 442 g/mol. The summed E-state index contributed by atoms with van der Waals surface area (Å²) in [5.74, 6) is 0.412. The van der Waals surface area contributed by atoms with Crippen molar-refractivity contribution in [2.45, 2.75) is 64.5 Å². The molecule has 4 rings (SSSR count). The van der Waals surface area contributed by atoms with E-state index in [4.69, 9.17) is 4.74 Å². The fourth-order valence-corrected chi connectivity index (χ4v) is 4.76. The van der Waals surface area contributed by atoms with Gasteiger partial charge in [0.2, 0.25) is 11.8 Å². The molecule has 7 heteroatoms. The molecule has 2 heterocycles. The predicted octanol–water partition coefficient (Wildman–Crippen LogP) is 3.13. The third-order valence-corrected chi connectivity index (χ3v) is 7.22. The number of ether oxygens (including phenoxy) is 1. The number of amides is 2. The molecule has 32 heavy (non-hydrogen) atoms. The van der Waals surface area contributed by atoms with Crippen molar-refractivity contribution < 1.29 is 19.4 Å². The molecule has 1 saturated carbocycles. The minimum absolute atomic E-state index is 0.0308. The highest BCUT2D eigenvalue weighted by Gasteiger charge is 2.36. The number of hydrogen-bond donors (Lipinski definition) is 1. The van der Waals surface area contributed by atoms with Gasteiger partial charge < -0.3 is 19.6 Å². The molecule has 1 aromatic rings. The zero-order valence-corrected chi connectivity index (χ0v) is 19.4. The van der Waals surface area contributed by atoms with Crippen LogP contribution in [-0.2, 0) is 4.79 Å². The second-order valence-corrected chi connectivity index (χ2v) is 9.67. The Balaban J connectivity index is 1.64. The normalized spacial score (nSPS) is 24.6. The number of rotatable bonds is 6. The van der Waals surface area contributed by atoms with Gasteiger partial charge in [-0.3, -0.25) is 9.59 Å². The lowest BCUT2D eigenvalue weighted by Gasteiger charge is -2.38. The lowest BCUT2D eigenvalue weighted by molar-refractivity contribution is -0.138. The van der Waals surface area contributed by atoms with Crippen molar-refractivity contribution in [1.29, 1.82) is 0 Å². The maximum absolute atomic E-state index is 13.5. The van der Waals surface area contributed by atoms with Crippen LogP contribution in [-0.4, -0.2) is 70.6 Å². The number of allylic oxidation sites excluding steroid dienone is 2. The molecular weight excluding hydrogens is 406 g/mol. The topological polar surface area (TPSA) is 83.0 Å². The Morgan fingerprint density at radius 2 is 2.16 bits per heavy atom. The summed E-state index contributed by atoms with van der Waals surface area (Å²) >= 11 is 0. The third kappa shape index (κ3) is 4.53. The van der Waals surface area contributed by atoms with E-state index in [0.717, 1.165) is 44.1 Å². The van der Waals surface area contributed by atoms with Gasteiger partial charge in [0, 0.05) is 31.6 Å². The summed E-state index contributed by atoms with van der Waals surface area (Å²) in [6.07, 6.45) is 9.89. The van der Waals surface area contributed by atoms with Gasteiger partial charge in [0.25, 0.3) is 5.91 Å². The molecule has 3 atom stereocenters. The van der Waals surface area contributed by atoms with Crippen molar-refractivity contribution >= 4 is 17.4 Å². The highest BCUT2D eigenvalue weighted by Crippen LogP contribution is 2.33. The molecule has 7 nitrogen and oxygen atoms in total. The lowest BCUT2D eigenvalue weighted by atomic mass is 9.84. The molecule has 0 radical (unpaired) electrons. The van der Waals surface area contributed by atoms with Gasteiger partial charge >= 0.3 is 0 Å². The van der Waals surface area contributed by atoms with Gasteiger partial charge in [-0.15, -0.1) is 0 Å². The van der Waals surface area contributed by atoms with Crippen LogP contribution in [0.2, 0.25) is 0 Å². The monoisotopic (exact) mass is 441 g/mol. The zero-order valence-electron chi connectivity index (χ0n) is 19.4. The second kappa shape index (κ2) is 9.61. The molecule has 0 bridgehead atoms. The van der Waals surface area contributed by atoms with E-state index < -0.39 is 0 Å². The number of pyridine rings is 1. The standard InChI is InChI=1S/C25H35N3O4/c1-16-13-28(17(2)15-29)25(31)21-11-20(18-7-4-5-8-18)12-26-23(21)32-22(16)14-27(3)24(30)19-9-6-10-19/h7,11-12,16-17,19,22,29H,4-6,8-10,13-15H2,1-3H3/t16-,17+,22+/m0/s1. The number of nitrogens with zero attached hydrogens (tertiary/aromatic N) is 3. The number of aliphatic hydroxyl groups is 1. The van der Waals surface area contributed by atoms with E-state index in [-0.39, 0.29) is 42.4 Å². The molecule has 1 fully saturated rings. The van der Waals surface area contributed by atoms with Gasteiger partial charge in [0.05, 0.1) is 19.2 Å². The fraction of sp³-hybridized carbons (Fsp3) is 0.640. The molecule has 1 N–H and O–H groups in total. The molecule has 2 aliphatic carbocycles. The number of hydrogen-bond acceptors (Lipinski definition) is 5. The highest BCUT2D eigenvalue weighted by molar-refractivity contribution is 5.97. The molecule has 0 saturated heterocycles. The van der Waals surface area contributed by atoms with Crippen LogP contribution in [0.4, 0.5) is 0 Å². The van der Waals surface area contributed by atoms with Crippen molar-refractivity contribution in [1.82, 2.24) is 14.8 Å². The fourth-order valence-electron chi connectivity index (χ4n) is 4.76. The van der Waals surface area contributed by atoms with Crippen LogP contribution in [0.25, 0.3) is 5.57 Å². The molecule has 3 aliphatic rings. The van der Waals surface area contributed by atoms with Crippen molar-refractivity contribution in [2.24, 2.45) is 11.8 Å². The van der Waals surface area contributed by atoms with Gasteiger partial charge in [-0.2, -0.15) is 0 Å². The molecular formula is C25H35N3O4. The molecule has 174 valence electrons. The van der Waals surface area contributed by atoms with Crippen LogP contribution in [0.3, 0.4) is 0 Å². The number of likely N-dealkylation sites (N-methyl/N-ethyl adjacent to an activating group) is 1. The van der Waals surface area contributed by atoms with Crippen molar-refractivity contribution in [3.63, 3.8) is 0 Å². The quantitative estimate of drug-likeness (QED) is 0.733. The zero-order chi connectivity index (χ0) is 22.8. The summed E-state index contributed by atoms with van der Waals surface area (Å²) in [4.78, 5) is 34.3. The first-order valence-electron chi connectivity index (χ1n) is 11.9. The Kier molecular flexibility index (Phi) is 6.84. The van der Waals surface area contributed by atoms with Crippen LogP contribution in [0.5, 0.6) is 5.88 Å². The summed E-state index contributed by atoms with van der Waals surface area (Å²) in [7, 11) is 1.83. The summed E-state index contributed by atoms with van der Waals surface area (Å²) in [5.41, 5.74) is 2.60. The minimum Gasteiger partial charge on any atom is -0.472 e. The number of aromatic nitrogens is 1. The van der Waals surface area contributed by atoms with Crippen LogP contribution < -0.4 is 4.74 Å². The molecule has 1 aliphatic heterocycles. The highest BCUT2D eigenvalue weighted by atomic mass is 16.5. The van der Waals surface area contributed by atoms with E-state index in [1.807, 2.05) is 27.0 Å². The SMILES string of the molecule is C[C@H](CO)N1C[C@H](C)[C@@H](CN(C)C(=O)C2CCC2)Oc2ncc(C3=CCCC3)cc2C1=O. The second-order valence-electron chi connectivity index (χ2n) is 9.67. The summed E-state index contributed by atoms with van der Waals surface area (Å²) in [6.45, 7) is 4.66. The van der Waals surface area contributed by atoms with Crippen molar-refractivity contribution in [2.75, 3.05) is 26.7 Å². The minimum atomic E-state index is -0.319. The average Bonchev–Trinajstić information content (AvgIpc) is 3.29. The molecule has 1 aromatic heterocycles. The predicted molar refractivity (Wildman–Crippen MR) is 122 cm³/mol. The van der Waals surface area contributed by atoms with Gasteiger partial charge in [-0.05, 0) is 56.2 Å². The van der Waals surface area contributed by atoms with Crippen molar-refractivity contribution in [3.8, 4) is 5.88 Å². The Bertz CT molecular complexity index is 895. The van der Waals surface area contributed by atoms with Gasteiger partial charge in [0.1, 0.15) is 11.7 Å². The summed E-state index contributed by atoms with van der Waals surface area (Å²) in [6, 6.07) is 1.56. The first-order valence-corrected chi connectivity index (χ1v) is 11.9. The summed E-state index contributed by atoms with van der Waals surface area (Å²) < 4.78 is 6.32. The number of fused-ring (bicyclic) bond motifs is 1. The molecule has 0 aromatic carbocycles. The van der Waals surface area contributed by atoms with Gasteiger partial charge in [-0.1, -0.05) is 19.4 Å². The molecule has 2 amide bonds. The van der Waals surface area contributed by atoms with E-state index in [1.54, 1.807) is 16.0 Å². The first-order chi connectivity index (χ1) is 15.4. The van der Waals surface area contributed by atoms with Crippen LogP contribution in [0, 0.1) is 11.8 Å². The number of carbonyl (C=O) groups excluding carboxylic acids is 2. The van der Waals surface area contributed by atoms with Crippen LogP contribution >= 0.6 is 0 Å². The van der Waals surface area contributed by atoms with Gasteiger partial charge in [0.15, 0.2) is 0 Å².